The SMILES string of the molecule is CCCCOc1cccc(OCCCC(C)C)c1. The van der Waals surface area contributed by atoms with Crippen molar-refractivity contribution in [3.8, 4) is 11.5 Å². The van der Waals surface area contributed by atoms with E-state index < -0.39 is 0 Å². The van der Waals surface area contributed by atoms with E-state index in [1.165, 1.54) is 6.42 Å². The monoisotopic (exact) mass is 250 g/mol. The van der Waals surface area contributed by atoms with E-state index in [0.29, 0.717) is 0 Å². The Morgan fingerprint density at radius 3 is 2.17 bits per heavy atom. The summed E-state index contributed by atoms with van der Waals surface area (Å²) in [4.78, 5) is 0. The molecular weight excluding hydrogens is 224 g/mol. The fourth-order valence-corrected chi connectivity index (χ4v) is 1.67. The molecule has 0 unspecified atom stereocenters. The molecule has 0 heterocycles. The van der Waals surface area contributed by atoms with E-state index in [2.05, 4.69) is 20.8 Å². The number of ether oxygens (including phenoxy) is 2. The van der Waals surface area contributed by atoms with Crippen molar-refractivity contribution in [3.05, 3.63) is 24.3 Å². The van der Waals surface area contributed by atoms with Crippen molar-refractivity contribution in [2.75, 3.05) is 13.2 Å². The summed E-state index contributed by atoms with van der Waals surface area (Å²) in [7, 11) is 0. The van der Waals surface area contributed by atoms with E-state index in [-0.39, 0.29) is 0 Å². The first kappa shape index (κ1) is 14.9. The number of hydrogen-bond acceptors (Lipinski definition) is 2. The predicted octanol–water partition coefficient (Wildman–Crippen LogP) is 4.68. The molecule has 0 aromatic heterocycles. The Bertz CT molecular complexity index is 321. The molecule has 0 aliphatic carbocycles. The van der Waals surface area contributed by atoms with E-state index in [0.717, 1.165) is 49.9 Å². The molecule has 1 rings (SSSR count). The third-order valence-electron chi connectivity index (χ3n) is 2.77. The van der Waals surface area contributed by atoms with Gasteiger partial charge < -0.3 is 9.47 Å². The molecular formula is C16H26O2. The molecule has 0 fully saturated rings. The number of unbranched alkanes of at least 4 members (excludes halogenated alkanes) is 1. The van der Waals surface area contributed by atoms with Gasteiger partial charge in [-0.05, 0) is 37.3 Å². The minimum atomic E-state index is 0.748. The van der Waals surface area contributed by atoms with Gasteiger partial charge in [0, 0.05) is 6.07 Å². The lowest BCUT2D eigenvalue weighted by Gasteiger charge is -2.10. The highest BCUT2D eigenvalue weighted by molar-refractivity contribution is 5.32. The molecule has 2 nitrogen and oxygen atoms in total. The van der Waals surface area contributed by atoms with Crippen LogP contribution >= 0.6 is 0 Å². The number of rotatable bonds is 9. The first-order chi connectivity index (χ1) is 8.72. The first-order valence-corrected chi connectivity index (χ1v) is 7.08. The maximum absolute atomic E-state index is 5.72. The molecule has 0 amide bonds. The van der Waals surface area contributed by atoms with Gasteiger partial charge in [-0.3, -0.25) is 0 Å². The Morgan fingerprint density at radius 2 is 1.61 bits per heavy atom. The highest BCUT2D eigenvalue weighted by atomic mass is 16.5. The molecule has 18 heavy (non-hydrogen) atoms. The zero-order valence-corrected chi connectivity index (χ0v) is 11.9. The van der Waals surface area contributed by atoms with E-state index >= 15 is 0 Å². The van der Waals surface area contributed by atoms with Gasteiger partial charge in [-0.2, -0.15) is 0 Å². The summed E-state index contributed by atoms with van der Waals surface area (Å²) in [6.45, 7) is 8.21. The molecule has 0 N–H and O–H groups in total. The van der Waals surface area contributed by atoms with Crippen LogP contribution in [0.15, 0.2) is 24.3 Å². The Morgan fingerprint density at radius 1 is 1.00 bits per heavy atom. The Kier molecular flexibility index (Phi) is 7.31. The molecule has 0 bridgehead atoms. The van der Waals surface area contributed by atoms with Crippen molar-refractivity contribution in [1.82, 2.24) is 0 Å². The van der Waals surface area contributed by atoms with Crippen LogP contribution in [0.2, 0.25) is 0 Å². The van der Waals surface area contributed by atoms with Crippen molar-refractivity contribution in [2.24, 2.45) is 5.92 Å². The van der Waals surface area contributed by atoms with Gasteiger partial charge in [-0.15, -0.1) is 0 Å². The molecule has 0 saturated carbocycles. The molecule has 1 aromatic rings. The van der Waals surface area contributed by atoms with Gasteiger partial charge in [-0.1, -0.05) is 33.3 Å². The van der Waals surface area contributed by atoms with Gasteiger partial charge in [0.1, 0.15) is 11.5 Å². The van der Waals surface area contributed by atoms with Crippen molar-refractivity contribution in [2.45, 2.75) is 46.5 Å². The summed E-state index contributed by atoms with van der Waals surface area (Å²) in [5.41, 5.74) is 0. The number of benzene rings is 1. The molecule has 2 heteroatoms. The summed E-state index contributed by atoms with van der Waals surface area (Å²) >= 11 is 0. The maximum atomic E-state index is 5.72. The quantitative estimate of drug-likeness (QED) is 0.592. The number of hydrogen-bond donors (Lipinski definition) is 0. The maximum Gasteiger partial charge on any atom is 0.122 e. The Hall–Kier alpha value is -1.18. The topological polar surface area (TPSA) is 18.5 Å². The van der Waals surface area contributed by atoms with Gasteiger partial charge in [0.15, 0.2) is 0 Å². The zero-order chi connectivity index (χ0) is 13.2. The van der Waals surface area contributed by atoms with Gasteiger partial charge >= 0.3 is 0 Å². The minimum Gasteiger partial charge on any atom is -0.493 e. The summed E-state index contributed by atoms with van der Waals surface area (Å²) in [5.74, 6) is 2.56. The highest BCUT2D eigenvalue weighted by Crippen LogP contribution is 2.20. The van der Waals surface area contributed by atoms with Gasteiger partial charge in [0.2, 0.25) is 0 Å². The molecule has 0 atom stereocenters. The molecule has 102 valence electrons. The molecule has 0 radical (unpaired) electrons. The van der Waals surface area contributed by atoms with E-state index in [1.54, 1.807) is 0 Å². The lowest BCUT2D eigenvalue weighted by molar-refractivity contribution is 0.288. The van der Waals surface area contributed by atoms with Crippen LogP contribution in [0, 0.1) is 5.92 Å². The summed E-state index contributed by atoms with van der Waals surface area (Å²) < 4.78 is 11.4. The molecule has 0 spiro atoms. The van der Waals surface area contributed by atoms with Crippen LogP contribution in [0.1, 0.15) is 46.5 Å². The van der Waals surface area contributed by atoms with Crippen LogP contribution in [0.25, 0.3) is 0 Å². The second-order valence-electron chi connectivity index (χ2n) is 5.06. The fourth-order valence-electron chi connectivity index (χ4n) is 1.67. The minimum absolute atomic E-state index is 0.748. The van der Waals surface area contributed by atoms with E-state index in [1.807, 2.05) is 24.3 Å². The largest absolute Gasteiger partial charge is 0.493 e. The molecule has 1 aromatic carbocycles. The fraction of sp³-hybridized carbons (Fsp3) is 0.625. The first-order valence-electron chi connectivity index (χ1n) is 7.08. The van der Waals surface area contributed by atoms with Gasteiger partial charge in [0.25, 0.3) is 0 Å². The van der Waals surface area contributed by atoms with Crippen LogP contribution in [0.4, 0.5) is 0 Å². The second kappa shape index (κ2) is 8.84. The summed E-state index contributed by atoms with van der Waals surface area (Å²) in [6, 6.07) is 7.93. The predicted molar refractivity (Wildman–Crippen MR) is 76.4 cm³/mol. The van der Waals surface area contributed by atoms with Crippen molar-refractivity contribution in [1.29, 1.82) is 0 Å². The van der Waals surface area contributed by atoms with Crippen molar-refractivity contribution < 1.29 is 9.47 Å². The summed E-state index contributed by atoms with van der Waals surface area (Å²) in [5, 5.41) is 0. The van der Waals surface area contributed by atoms with Crippen LogP contribution in [-0.2, 0) is 0 Å². The summed E-state index contributed by atoms with van der Waals surface area (Å²) in [6.07, 6.45) is 4.58. The zero-order valence-electron chi connectivity index (χ0n) is 11.9. The van der Waals surface area contributed by atoms with Crippen molar-refractivity contribution >= 4 is 0 Å². The Labute approximate surface area is 111 Å². The lowest BCUT2D eigenvalue weighted by atomic mass is 10.1. The second-order valence-corrected chi connectivity index (χ2v) is 5.06. The Balaban J connectivity index is 2.30. The van der Waals surface area contributed by atoms with Crippen LogP contribution in [0.5, 0.6) is 11.5 Å². The lowest BCUT2D eigenvalue weighted by Crippen LogP contribution is -2.00. The third kappa shape index (κ3) is 6.53. The van der Waals surface area contributed by atoms with E-state index in [4.69, 9.17) is 9.47 Å². The molecule has 0 aliphatic heterocycles. The third-order valence-corrected chi connectivity index (χ3v) is 2.77. The van der Waals surface area contributed by atoms with Crippen molar-refractivity contribution in [3.63, 3.8) is 0 Å². The average Bonchev–Trinajstić information content (AvgIpc) is 2.35. The molecule has 0 saturated heterocycles. The smallest absolute Gasteiger partial charge is 0.122 e. The molecule has 0 aliphatic rings. The van der Waals surface area contributed by atoms with Crippen LogP contribution in [-0.4, -0.2) is 13.2 Å². The van der Waals surface area contributed by atoms with Crippen LogP contribution < -0.4 is 9.47 Å². The highest BCUT2D eigenvalue weighted by Gasteiger charge is 1.99. The standard InChI is InChI=1S/C16H26O2/c1-4-5-11-17-15-9-6-10-16(13-15)18-12-7-8-14(2)3/h6,9-10,13-14H,4-5,7-8,11-12H2,1-3H3. The van der Waals surface area contributed by atoms with Gasteiger partial charge in [0.05, 0.1) is 13.2 Å². The van der Waals surface area contributed by atoms with Gasteiger partial charge in [-0.25, -0.2) is 0 Å². The normalized spacial score (nSPS) is 10.7. The average molecular weight is 250 g/mol. The van der Waals surface area contributed by atoms with Crippen LogP contribution in [0.3, 0.4) is 0 Å². The van der Waals surface area contributed by atoms with E-state index in [9.17, 15) is 0 Å².